The van der Waals surface area contributed by atoms with Crippen molar-refractivity contribution in [1.82, 2.24) is 0 Å². The second-order valence-corrected chi connectivity index (χ2v) is 2.93. The maximum atomic E-state index is 11.3. The van der Waals surface area contributed by atoms with Gasteiger partial charge >= 0.3 is 5.97 Å². The zero-order valence-corrected chi connectivity index (χ0v) is 8.06. The molecule has 0 fully saturated rings. The summed E-state index contributed by atoms with van der Waals surface area (Å²) >= 11 is 0. The molecular formula is C9H13N3O3. The zero-order chi connectivity index (χ0) is 11.4. The van der Waals surface area contributed by atoms with Gasteiger partial charge in [-0.25, -0.2) is 4.79 Å². The van der Waals surface area contributed by atoms with Crippen molar-refractivity contribution in [2.75, 3.05) is 24.6 Å². The van der Waals surface area contributed by atoms with Crippen LogP contribution in [-0.2, 0) is 4.74 Å². The molecule has 6 nitrogen and oxygen atoms in total. The lowest BCUT2D eigenvalue weighted by molar-refractivity contribution is 0.0517. The van der Waals surface area contributed by atoms with E-state index in [1.165, 1.54) is 12.1 Å². The van der Waals surface area contributed by atoms with E-state index in [1.54, 1.807) is 0 Å². The first-order valence-corrected chi connectivity index (χ1v) is 4.31. The summed E-state index contributed by atoms with van der Waals surface area (Å²) in [5.74, 6) is -0.802. The molecule has 7 N–H and O–H groups in total. The molecule has 0 aromatic heterocycles. The SMILES string of the molecule is NCCOC(=O)c1cc(N)c(O)c(N)c1. The second kappa shape index (κ2) is 4.52. The standard InChI is InChI=1S/C9H13N3O3/c10-1-2-15-9(14)5-3-6(11)8(13)7(12)4-5/h3-4,13H,1-2,10-12H2. The van der Waals surface area contributed by atoms with Crippen LogP contribution in [0.25, 0.3) is 0 Å². The number of nitrogen functional groups attached to an aromatic ring is 2. The number of anilines is 2. The third-order valence-corrected chi connectivity index (χ3v) is 1.76. The normalized spacial score (nSPS) is 9.93. The second-order valence-electron chi connectivity index (χ2n) is 2.93. The Morgan fingerprint density at radius 3 is 2.33 bits per heavy atom. The molecule has 0 atom stereocenters. The fraction of sp³-hybridized carbons (Fsp3) is 0.222. The van der Waals surface area contributed by atoms with Gasteiger partial charge in [0.15, 0.2) is 5.75 Å². The highest BCUT2D eigenvalue weighted by Gasteiger charge is 2.11. The van der Waals surface area contributed by atoms with Crippen molar-refractivity contribution in [2.45, 2.75) is 0 Å². The van der Waals surface area contributed by atoms with E-state index < -0.39 is 5.97 Å². The molecule has 0 amide bonds. The van der Waals surface area contributed by atoms with Crippen LogP contribution >= 0.6 is 0 Å². The first-order chi connectivity index (χ1) is 7.06. The minimum atomic E-state index is -0.571. The van der Waals surface area contributed by atoms with Gasteiger partial charge in [-0.3, -0.25) is 0 Å². The lowest BCUT2D eigenvalue weighted by atomic mass is 10.1. The molecular weight excluding hydrogens is 198 g/mol. The smallest absolute Gasteiger partial charge is 0.338 e. The van der Waals surface area contributed by atoms with Gasteiger partial charge in [-0.15, -0.1) is 0 Å². The fourth-order valence-electron chi connectivity index (χ4n) is 1.03. The average Bonchev–Trinajstić information content (AvgIpc) is 2.21. The minimum absolute atomic E-state index is 0.0368. The number of hydrogen-bond donors (Lipinski definition) is 4. The van der Waals surface area contributed by atoms with Crippen molar-refractivity contribution in [3.8, 4) is 5.75 Å². The Kier molecular flexibility index (Phi) is 3.35. The van der Waals surface area contributed by atoms with Gasteiger partial charge in [0.1, 0.15) is 6.61 Å². The molecule has 1 rings (SSSR count). The van der Waals surface area contributed by atoms with E-state index in [0.29, 0.717) is 0 Å². The number of benzene rings is 1. The van der Waals surface area contributed by atoms with E-state index in [1.807, 2.05) is 0 Å². The van der Waals surface area contributed by atoms with E-state index in [2.05, 4.69) is 0 Å². The van der Waals surface area contributed by atoms with Crippen LogP contribution in [0.2, 0.25) is 0 Å². The van der Waals surface area contributed by atoms with Crippen molar-refractivity contribution in [3.63, 3.8) is 0 Å². The largest absolute Gasteiger partial charge is 0.504 e. The van der Waals surface area contributed by atoms with Gasteiger partial charge in [0.25, 0.3) is 0 Å². The highest BCUT2D eigenvalue weighted by Crippen LogP contribution is 2.28. The monoisotopic (exact) mass is 211 g/mol. The van der Waals surface area contributed by atoms with Crippen LogP contribution in [-0.4, -0.2) is 24.2 Å². The molecule has 0 aliphatic rings. The Labute approximate surface area is 86.6 Å². The lowest BCUT2D eigenvalue weighted by Crippen LogP contribution is -2.14. The van der Waals surface area contributed by atoms with Crippen LogP contribution in [0.15, 0.2) is 12.1 Å². The number of phenolic OH excluding ortho intramolecular Hbond substituents is 1. The summed E-state index contributed by atoms with van der Waals surface area (Å²) in [6.07, 6.45) is 0. The number of ether oxygens (including phenoxy) is 1. The number of carbonyl (C=O) groups is 1. The number of esters is 1. The van der Waals surface area contributed by atoms with Crippen LogP contribution in [0.3, 0.4) is 0 Å². The van der Waals surface area contributed by atoms with Gasteiger partial charge in [-0.1, -0.05) is 0 Å². The third-order valence-electron chi connectivity index (χ3n) is 1.76. The topological polar surface area (TPSA) is 125 Å². The van der Waals surface area contributed by atoms with E-state index in [-0.39, 0.29) is 35.8 Å². The summed E-state index contributed by atoms with van der Waals surface area (Å²) in [7, 11) is 0. The van der Waals surface area contributed by atoms with Crippen LogP contribution < -0.4 is 17.2 Å². The van der Waals surface area contributed by atoms with Gasteiger partial charge in [-0.2, -0.15) is 0 Å². The molecule has 0 bridgehead atoms. The zero-order valence-electron chi connectivity index (χ0n) is 8.06. The highest BCUT2D eigenvalue weighted by molar-refractivity contribution is 5.93. The first kappa shape index (κ1) is 11.1. The summed E-state index contributed by atoms with van der Waals surface area (Å²) in [5, 5.41) is 9.27. The molecule has 6 heteroatoms. The van der Waals surface area contributed by atoms with Crippen LogP contribution in [0.5, 0.6) is 5.75 Å². The molecule has 0 unspecified atom stereocenters. The molecule has 82 valence electrons. The van der Waals surface area contributed by atoms with Crippen molar-refractivity contribution in [2.24, 2.45) is 5.73 Å². The Balaban J connectivity index is 2.91. The molecule has 0 heterocycles. The third kappa shape index (κ3) is 2.50. The van der Waals surface area contributed by atoms with E-state index in [4.69, 9.17) is 21.9 Å². The van der Waals surface area contributed by atoms with Crippen molar-refractivity contribution < 1.29 is 14.6 Å². The lowest BCUT2D eigenvalue weighted by Gasteiger charge is -2.07. The number of nitrogens with two attached hydrogens (primary N) is 3. The first-order valence-electron chi connectivity index (χ1n) is 4.31. The van der Waals surface area contributed by atoms with Gasteiger partial charge in [0.05, 0.1) is 16.9 Å². The Morgan fingerprint density at radius 1 is 1.33 bits per heavy atom. The molecule has 0 radical (unpaired) electrons. The molecule has 0 saturated carbocycles. The molecule has 15 heavy (non-hydrogen) atoms. The van der Waals surface area contributed by atoms with Crippen LogP contribution in [0.4, 0.5) is 11.4 Å². The van der Waals surface area contributed by atoms with Crippen LogP contribution in [0, 0.1) is 0 Å². The van der Waals surface area contributed by atoms with Crippen molar-refractivity contribution in [3.05, 3.63) is 17.7 Å². The summed E-state index contributed by atoms with van der Waals surface area (Å²) in [4.78, 5) is 11.3. The number of carbonyl (C=O) groups excluding carboxylic acids is 1. The highest BCUT2D eigenvalue weighted by atomic mass is 16.5. The molecule has 1 aromatic carbocycles. The van der Waals surface area contributed by atoms with E-state index >= 15 is 0 Å². The molecule has 0 aliphatic heterocycles. The van der Waals surface area contributed by atoms with Gasteiger partial charge in [0, 0.05) is 6.54 Å². The van der Waals surface area contributed by atoms with E-state index in [9.17, 15) is 9.90 Å². The Bertz CT molecular complexity index is 356. The fourth-order valence-corrected chi connectivity index (χ4v) is 1.03. The number of aromatic hydroxyl groups is 1. The summed E-state index contributed by atoms with van der Waals surface area (Å²) in [5.41, 5.74) is 16.3. The summed E-state index contributed by atoms with van der Waals surface area (Å²) < 4.78 is 4.77. The summed E-state index contributed by atoms with van der Waals surface area (Å²) in [6.45, 7) is 0.369. The van der Waals surface area contributed by atoms with Crippen LogP contribution in [0.1, 0.15) is 10.4 Å². The van der Waals surface area contributed by atoms with Gasteiger partial charge in [-0.05, 0) is 12.1 Å². The minimum Gasteiger partial charge on any atom is -0.504 e. The maximum Gasteiger partial charge on any atom is 0.338 e. The Hall–Kier alpha value is -1.95. The number of hydrogen-bond acceptors (Lipinski definition) is 6. The predicted molar refractivity (Wildman–Crippen MR) is 56.3 cm³/mol. The van der Waals surface area contributed by atoms with Crippen molar-refractivity contribution >= 4 is 17.3 Å². The summed E-state index contributed by atoms with van der Waals surface area (Å²) in [6, 6.07) is 2.59. The molecule has 0 saturated heterocycles. The van der Waals surface area contributed by atoms with E-state index in [0.717, 1.165) is 0 Å². The van der Waals surface area contributed by atoms with Gasteiger partial charge in [0.2, 0.25) is 0 Å². The predicted octanol–water partition coefficient (Wildman–Crippen LogP) is -0.328. The quantitative estimate of drug-likeness (QED) is 0.308. The molecule has 0 aliphatic carbocycles. The number of rotatable bonds is 3. The molecule has 0 spiro atoms. The Morgan fingerprint density at radius 2 is 1.87 bits per heavy atom. The number of phenols is 1. The average molecular weight is 211 g/mol. The maximum absolute atomic E-state index is 11.3. The van der Waals surface area contributed by atoms with Gasteiger partial charge < -0.3 is 27.0 Å². The molecule has 1 aromatic rings. The van der Waals surface area contributed by atoms with Crippen molar-refractivity contribution in [1.29, 1.82) is 0 Å².